The topological polar surface area (TPSA) is 98.8 Å². The molecule has 1 aromatic rings. The highest BCUT2D eigenvalue weighted by molar-refractivity contribution is 7.89. The maximum Gasteiger partial charge on any atom is 0.317 e. The Kier molecular flexibility index (Phi) is 8.25. The molecule has 1 aromatic carbocycles. The molecule has 1 saturated heterocycles. The summed E-state index contributed by atoms with van der Waals surface area (Å²) in [6.45, 7) is 10.9. The lowest BCUT2D eigenvalue weighted by Gasteiger charge is -2.34. The summed E-state index contributed by atoms with van der Waals surface area (Å²) >= 11 is 0. The van der Waals surface area contributed by atoms with Crippen molar-refractivity contribution in [3.05, 3.63) is 24.3 Å². The average Bonchev–Trinajstić information content (AvgIpc) is 2.66. The van der Waals surface area contributed by atoms with Crippen LogP contribution in [-0.4, -0.2) is 61.3 Å². The number of nitrogens with one attached hydrogen (secondary N) is 2. The third kappa shape index (κ3) is 6.43. The zero-order valence-electron chi connectivity index (χ0n) is 18.5. The number of nitrogens with zero attached hydrogens (tertiary/aromatic N) is 2. The predicted octanol–water partition coefficient (Wildman–Crippen LogP) is 2.87. The molecule has 0 radical (unpaired) electrons. The highest BCUT2D eigenvalue weighted by atomic mass is 32.2. The molecular formula is C21H34N4O4S. The minimum absolute atomic E-state index is 0.0421. The lowest BCUT2D eigenvalue weighted by Crippen LogP contribution is -2.52. The first-order valence-corrected chi connectivity index (χ1v) is 11.9. The molecule has 0 atom stereocenters. The van der Waals surface area contributed by atoms with Crippen molar-refractivity contribution in [2.45, 2.75) is 64.4 Å². The Hall–Kier alpha value is -2.13. The van der Waals surface area contributed by atoms with Gasteiger partial charge in [0.25, 0.3) is 0 Å². The molecule has 0 unspecified atom stereocenters. The van der Waals surface area contributed by atoms with Gasteiger partial charge >= 0.3 is 6.03 Å². The summed E-state index contributed by atoms with van der Waals surface area (Å²) in [4.78, 5) is 25.8. The number of benzene rings is 1. The van der Waals surface area contributed by atoms with Crippen LogP contribution in [-0.2, 0) is 14.8 Å². The largest absolute Gasteiger partial charge is 0.335 e. The number of urea groups is 1. The molecule has 2 rings (SSSR count). The fraction of sp³-hybridized carbons (Fsp3) is 0.619. The van der Waals surface area contributed by atoms with Crippen LogP contribution in [0.5, 0.6) is 0 Å². The summed E-state index contributed by atoms with van der Waals surface area (Å²) in [6, 6.07) is 6.13. The van der Waals surface area contributed by atoms with Crippen molar-refractivity contribution >= 4 is 27.6 Å². The number of amides is 3. The monoisotopic (exact) mass is 438 g/mol. The van der Waals surface area contributed by atoms with Gasteiger partial charge in [0.1, 0.15) is 0 Å². The van der Waals surface area contributed by atoms with E-state index < -0.39 is 10.0 Å². The Bertz CT molecular complexity index is 829. The van der Waals surface area contributed by atoms with E-state index in [1.165, 1.54) is 23.4 Å². The van der Waals surface area contributed by atoms with Gasteiger partial charge in [-0.25, -0.2) is 13.2 Å². The molecule has 168 valence electrons. The van der Waals surface area contributed by atoms with E-state index in [9.17, 15) is 18.0 Å². The maximum atomic E-state index is 12.9. The van der Waals surface area contributed by atoms with Crippen LogP contribution in [0.15, 0.2) is 29.2 Å². The number of anilines is 1. The van der Waals surface area contributed by atoms with Crippen LogP contribution in [0.25, 0.3) is 0 Å². The second kappa shape index (κ2) is 10.3. The average molecular weight is 439 g/mol. The van der Waals surface area contributed by atoms with Crippen molar-refractivity contribution in [3.63, 3.8) is 0 Å². The Morgan fingerprint density at radius 2 is 1.67 bits per heavy atom. The van der Waals surface area contributed by atoms with E-state index in [1.807, 2.05) is 18.7 Å². The lowest BCUT2D eigenvalue weighted by atomic mass is 10.1. The fourth-order valence-electron chi connectivity index (χ4n) is 3.48. The van der Waals surface area contributed by atoms with Gasteiger partial charge in [-0.3, -0.25) is 4.79 Å². The van der Waals surface area contributed by atoms with E-state index in [0.717, 1.165) is 0 Å². The predicted molar refractivity (Wildman–Crippen MR) is 118 cm³/mol. The van der Waals surface area contributed by atoms with Crippen LogP contribution < -0.4 is 10.6 Å². The summed E-state index contributed by atoms with van der Waals surface area (Å²) in [5.41, 5.74) is 0.555. The molecule has 3 amide bonds. The first kappa shape index (κ1) is 24.1. The Morgan fingerprint density at radius 3 is 2.13 bits per heavy atom. The SMILES string of the molecule is CC(=O)Nc1ccc(S(=O)(=O)N2CCC(NC(=O)N(CC(C)C)C(C)C)CC2)cc1. The minimum Gasteiger partial charge on any atom is -0.335 e. The molecule has 1 aliphatic rings. The highest BCUT2D eigenvalue weighted by Crippen LogP contribution is 2.22. The fourth-order valence-corrected chi connectivity index (χ4v) is 4.95. The molecule has 0 aromatic heterocycles. The second-order valence-corrected chi connectivity index (χ2v) is 10.4. The van der Waals surface area contributed by atoms with Crippen molar-refractivity contribution in [2.24, 2.45) is 5.92 Å². The molecule has 8 nitrogen and oxygen atoms in total. The summed E-state index contributed by atoms with van der Waals surface area (Å²) in [5, 5.41) is 5.69. The smallest absolute Gasteiger partial charge is 0.317 e. The second-order valence-electron chi connectivity index (χ2n) is 8.47. The van der Waals surface area contributed by atoms with Gasteiger partial charge in [-0.05, 0) is 56.9 Å². The van der Waals surface area contributed by atoms with E-state index >= 15 is 0 Å². The van der Waals surface area contributed by atoms with Gasteiger partial charge in [-0.2, -0.15) is 4.31 Å². The third-order valence-corrected chi connectivity index (χ3v) is 6.95. The molecule has 1 heterocycles. The summed E-state index contributed by atoms with van der Waals surface area (Å²) in [7, 11) is -3.61. The van der Waals surface area contributed by atoms with E-state index in [0.29, 0.717) is 44.1 Å². The molecular weight excluding hydrogens is 404 g/mol. The third-order valence-electron chi connectivity index (χ3n) is 5.04. The molecule has 30 heavy (non-hydrogen) atoms. The number of carbonyl (C=O) groups excluding carboxylic acids is 2. The van der Waals surface area contributed by atoms with E-state index in [2.05, 4.69) is 24.5 Å². The number of sulfonamides is 1. The number of rotatable bonds is 7. The van der Waals surface area contributed by atoms with Crippen molar-refractivity contribution in [3.8, 4) is 0 Å². The summed E-state index contributed by atoms with van der Waals surface area (Å²) in [6.07, 6.45) is 1.14. The number of carbonyl (C=O) groups is 2. The molecule has 0 saturated carbocycles. The van der Waals surface area contributed by atoms with Crippen LogP contribution in [0.4, 0.5) is 10.5 Å². The first-order valence-electron chi connectivity index (χ1n) is 10.5. The van der Waals surface area contributed by atoms with Crippen LogP contribution >= 0.6 is 0 Å². The molecule has 0 bridgehead atoms. The maximum absolute atomic E-state index is 12.9. The van der Waals surface area contributed by atoms with Gasteiger partial charge in [-0.15, -0.1) is 0 Å². The van der Waals surface area contributed by atoms with Gasteiger partial charge < -0.3 is 15.5 Å². The van der Waals surface area contributed by atoms with Gasteiger partial charge in [0, 0.05) is 44.3 Å². The lowest BCUT2D eigenvalue weighted by molar-refractivity contribution is -0.114. The van der Waals surface area contributed by atoms with Gasteiger partial charge in [0.15, 0.2) is 0 Å². The van der Waals surface area contributed by atoms with Crippen LogP contribution in [0.3, 0.4) is 0 Å². The van der Waals surface area contributed by atoms with Gasteiger partial charge in [-0.1, -0.05) is 13.8 Å². The number of piperidine rings is 1. The standard InChI is InChI=1S/C21H34N4O4S/c1-15(2)14-25(16(3)4)21(27)23-19-10-12-24(13-11-19)30(28,29)20-8-6-18(7-9-20)22-17(5)26/h6-9,15-16,19H,10-14H2,1-5H3,(H,22,26)(H,23,27). The van der Waals surface area contributed by atoms with Gasteiger partial charge in [0.2, 0.25) is 15.9 Å². The van der Waals surface area contributed by atoms with E-state index in [1.54, 1.807) is 12.1 Å². The summed E-state index contributed by atoms with van der Waals surface area (Å²) in [5.74, 6) is 0.168. The summed E-state index contributed by atoms with van der Waals surface area (Å²) < 4.78 is 27.3. The van der Waals surface area contributed by atoms with Crippen molar-refractivity contribution in [1.82, 2.24) is 14.5 Å². The Balaban J connectivity index is 1.95. The van der Waals surface area contributed by atoms with Crippen LogP contribution in [0.2, 0.25) is 0 Å². The van der Waals surface area contributed by atoms with Crippen LogP contribution in [0.1, 0.15) is 47.5 Å². The zero-order valence-corrected chi connectivity index (χ0v) is 19.3. The minimum atomic E-state index is -3.61. The zero-order chi connectivity index (χ0) is 22.5. The Labute approximate surface area is 180 Å². The Morgan fingerprint density at radius 1 is 1.10 bits per heavy atom. The van der Waals surface area contributed by atoms with E-state index in [-0.39, 0.29) is 28.9 Å². The first-order chi connectivity index (χ1) is 14.0. The highest BCUT2D eigenvalue weighted by Gasteiger charge is 2.31. The number of hydrogen-bond donors (Lipinski definition) is 2. The van der Waals surface area contributed by atoms with Crippen molar-refractivity contribution in [1.29, 1.82) is 0 Å². The number of hydrogen-bond acceptors (Lipinski definition) is 4. The molecule has 2 N–H and O–H groups in total. The van der Waals surface area contributed by atoms with Crippen molar-refractivity contribution < 1.29 is 18.0 Å². The van der Waals surface area contributed by atoms with E-state index in [4.69, 9.17) is 0 Å². The molecule has 9 heteroatoms. The molecule has 1 aliphatic heterocycles. The molecule has 0 spiro atoms. The molecule has 1 fully saturated rings. The quantitative estimate of drug-likeness (QED) is 0.684. The van der Waals surface area contributed by atoms with Gasteiger partial charge in [0.05, 0.1) is 4.90 Å². The van der Waals surface area contributed by atoms with Crippen molar-refractivity contribution in [2.75, 3.05) is 25.0 Å². The normalized spacial score (nSPS) is 16.0. The molecule has 0 aliphatic carbocycles. The van der Waals surface area contributed by atoms with Crippen LogP contribution in [0, 0.1) is 5.92 Å².